The summed E-state index contributed by atoms with van der Waals surface area (Å²) in [6, 6.07) is 0. The molecule has 0 atom stereocenters. The fraction of sp³-hybridized carbons (Fsp3) is 0.800. The Bertz CT molecular complexity index is 163. The molecule has 0 radical (unpaired) electrons. The zero-order valence-corrected chi connectivity index (χ0v) is 8.48. The van der Waals surface area contributed by atoms with Gasteiger partial charge in [0.15, 0.2) is 0 Å². The van der Waals surface area contributed by atoms with Crippen molar-refractivity contribution in [1.29, 1.82) is 0 Å². The number of rotatable bonds is 2. The molecule has 1 aliphatic rings. The summed E-state index contributed by atoms with van der Waals surface area (Å²) in [6.07, 6.45) is 0. The van der Waals surface area contributed by atoms with Crippen LogP contribution in [-0.2, 0) is 0 Å². The summed E-state index contributed by atoms with van der Waals surface area (Å²) in [5.74, 6) is 0. The normalized spacial score (nSPS) is 19.2. The fourth-order valence-electron chi connectivity index (χ4n) is 1.36. The second-order valence-electron chi connectivity index (χ2n) is 3.81. The van der Waals surface area contributed by atoms with Gasteiger partial charge in [-0.2, -0.15) is 0 Å². The SMILES string of the molecule is CC(C)=C(C)CN1CCNCC1. The minimum atomic E-state index is 1.15. The minimum absolute atomic E-state index is 1.15. The van der Waals surface area contributed by atoms with Gasteiger partial charge in [-0.1, -0.05) is 11.1 Å². The highest BCUT2D eigenvalue weighted by Gasteiger charge is 2.09. The lowest BCUT2D eigenvalue weighted by Crippen LogP contribution is -2.44. The van der Waals surface area contributed by atoms with Gasteiger partial charge in [-0.3, -0.25) is 4.90 Å². The van der Waals surface area contributed by atoms with Gasteiger partial charge in [-0.25, -0.2) is 0 Å². The molecule has 0 aromatic rings. The van der Waals surface area contributed by atoms with E-state index in [2.05, 4.69) is 31.0 Å². The Labute approximate surface area is 75.6 Å². The van der Waals surface area contributed by atoms with Crippen LogP contribution in [-0.4, -0.2) is 37.6 Å². The van der Waals surface area contributed by atoms with Gasteiger partial charge < -0.3 is 5.32 Å². The van der Waals surface area contributed by atoms with E-state index in [1.807, 2.05) is 0 Å². The number of nitrogens with zero attached hydrogens (tertiary/aromatic N) is 1. The fourth-order valence-corrected chi connectivity index (χ4v) is 1.36. The van der Waals surface area contributed by atoms with E-state index in [9.17, 15) is 0 Å². The largest absolute Gasteiger partial charge is 0.314 e. The molecule has 0 aromatic carbocycles. The second kappa shape index (κ2) is 4.63. The molecule has 1 saturated heterocycles. The highest BCUT2D eigenvalue weighted by Crippen LogP contribution is 2.05. The quantitative estimate of drug-likeness (QED) is 0.624. The Morgan fingerprint density at radius 1 is 1.17 bits per heavy atom. The Morgan fingerprint density at radius 2 is 1.75 bits per heavy atom. The highest BCUT2D eigenvalue weighted by atomic mass is 15.2. The third-order valence-corrected chi connectivity index (χ3v) is 2.52. The summed E-state index contributed by atoms with van der Waals surface area (Å²) in [5.41, 5.74) is 2.99. The third-order valence-electron chi connectivity index (χ3n) is 2.52. The van der Waals surface area contributed by atoms with E-state index < -0.39 is 0 Å². The van der Waals surface area contributed by atoms with Crippen molar-refractivity contribution in [2.24, 2.45) is 0 Å². The predicted octanol–water partition coefficient (Wildman–Crippen LogP) is 1.25. The first-order chi connectivity index (χ1) is 5.70. The first-order valence-corrected chi connectivity index (χ1v) is 4.76. The van der Waals surface area contributed by atoms with Crippen molar-refractivity contribution in [1.82, 2.24) is 10.2 Å². The minimum Gasteiger partial charge on any atom is -0.314 e. The molecule has 0 spiro atoms. The summed E-state index contributed by atoms with van der Waals surface area (Å²) >= 11 is 0. The number of hydrogen-bond donors (Lipinski definition) is 1. The Hall–Kier alpha value is -0.340. The zero-order chi connectivity index (χ0) is 8.97. The van der Waals surface area contributed by atoms with Crippen LogP contribution in [0.15, 0.2) is 11.1 Å². The van der Waals surface area contributed by atoms with Crippen LogP contribution < -0.4 is 5.32 Å². The first kappa shape index (κ1) is 9.75. The number of piperazine rings is 1. The molecular weight excluding hydrogens is 148 g/mol. The Balaban J connectivity index is 2.34. The molecule has 2 nitrogen and oxygen atoms in total. The van der Waals surface area contributed by atoms with Crippen LogP contribution in [0.1, 0.15) is 20.8 Å². The zero-order valence-electron chi connectivity index (χ0n) is 8.48. The van der Waals surface area contributed by atoms with E-state index in [1.165, 1.54) is 24.2 Å². The van der Waals surface area contributed by atoms with Crippen LogP contribution in [0.4, 0.5) is 0 Å². The van der Waals surface area contributed by atoms with Gasteiger partial charge in [0.1, 0.15) is 0 Å². The second-order valence-corrected chi connectivity index (χ2v) is 3.81. The van der Waals surface area contributed by atoms with Crippen LogP contribution in [0.2, 0.25) is 0 Å². The summed E-state index contributed by atoms with van der Waals surface area (Å²) in [5, 5.41) is 3.36. The molecular formula is C10H20N2. The molecule has 0 amide bonds. The molecule has 2 heteroatoms. The average Bonchev–Trinajstić information content (AvgIpc) is 2.06. The van der Waals surface area contributed by atoms with Gasteiger partial charge in [-0.05, 0) is 20.8 Å². The van der Waals surface area contributed by atoms with Crippen molar-refractivity contribution in [3.05, 3.63) is 11.1 Å². The molecule has 0 saturated carbocycles. The molecule has 1 N–H and O–H groups in total. The van der Waals surface area contributed by atoms with Crippen LogP contribution in [0, 0.1) is 0 Å². The molecule has 1 aliphatic heterocycles. The molecule has 0 aliphatic carbocycles. The lowest BCUT2D eigenvalue weighted by atomic mass is 10.1. The van der Waals surface area contributed by atoms with E-state index in [0.29, 0.717) is 0 Å². The standard InChI is InChI=1S/C10H20N2/c1-9(2)10(3)8-12-6-4-11-5-7-12/h11H,4-8H2,1-3H3. The molecule has 0 aromatic heterocycles. The molecule has 12 heavy (non-hydrogen) atoms. The van der Waals surface area contributed by atoms with Crippen LogP contribution in [0.5, 0.6) is 0 Å². The lowest BCUT2D eigenvalue weighted by Gasteiger charge is -2.27. The molecule has 70 valence electrons. The van der Waals surface area contributed by atoms with Crippen LogP contribution in [0.3, 0.4) is 0 Å². The van der Waals surface area contributed by atoms with Crippen molar-refractivity contribution < 1.29 is 0 Å². The molecule has 1 rings (SSSR count). The maximum atomic E-state index is 3.36. The van der Waals surface area contributed by atoms with E-state index >= 15 is 0 Å². The summed E-state index contributed by atoms with van der Waals surface area (Å²) in [7, 11) is 0. The monoisotopic (exact) mass is 168 g/mol. The van der Waals surface area contributed by atoms with Crippen molar-refractivity contribution in [3.63, 3.8) is 0 Å². The Kier molecular flexibility index (Phi) is 3.76. The predicted molar refractivity (Wildman–Crippen MR) is 53.4 cm³/mol. The number of hydrogen-bond acceptors (Lipinski definition) is 2. The van der Waals surface area contributed by atoms with Crippen molar-refractivity contribution in [2.45, 2.75) is 20.8 Å². The van der Waals surface area contributed by atoms with E-state index in [1.54, 1.807) is 0 Å². The summed E-state index contributed by atoms with van der Waals surface area (Å²) < 4.78 is 0. The van der Waals surface area contributed by atoms with E-state index in [0.717, 1.165) is 19.6 Å². The van der Waals surface area contributed by atoms with E-state index in [4.69, 9.17) is 0 Å². The lowest BCUT2D eigenvalue weighted by molar-refractivity contribution is 0.259. The summed E-state index contributed by atoms with van der Waals surface area (Å²) in [6.45, 7) is 12.5. The van der Waals surface area contributed by atoms with E-state index in [-0.39, 0.29) is 0 Å². The Morgan fingerprint density at radius 3 is 2.25 bits per heavy atom. The van der Waals surface area contributed by atoms with Gasteiger partial charge >= 0.3 is 0 Å². The molecule has 0 unspecified atom stereocenters. The molecule has 1 fully saturated rings. The maximum absolute atomic E-state index is 3.36. The van der Waals surface area contributed by atoms with Crippen LogP contribution >= 0.6 is 0 Å². The molecule has 0 bridgehead atoms. The number of nitrogens with one attached hydrogen (secondary N) is 1. The summed E-state index contributed by atoms with van der Waals surface area (Å²) in [4.78, 5) is 2.51. The van der Waals surface area contributed by atoms with Gasteiger partial charge in [-0.15, -0.1) is 0 Å². The third kappa shape index (κ3) is 2.95. The topological polar surface area (TPSA) is 15.3 Å². The maximum Gasteiger partial charge on any atom is 0.0193 e. The van der Waals surface area contributed by atoms with Crippen molar-refractivity contribution in [2.75, 3.05) is 32.7 Å². The van der Waals surface area contributed by atoms with Gasteiger partial charge in [0.25, 0.3) is 0 Å². The van der Waals surface area contributed by atoms with Crippen molar-refractivity contribution >= 4 is 0 Å². The van der Waals surface area contributed by atoms with Crippen molar-refractivity contribution in [3.8, 4) is 0 Å². The molecule has 1 heterocycles. The highest BCUT2D eigenvalue weighted by molar-refractivity contribution is 5.08. The average molecular weight is 168 g/mol. The first-order valence-electron chi connectivity index (χ1n) is 4.76. The van der Waals surface area contributed by atoms with Gasteiger partial charge in [0.2, 0.25) is 0 Å². The van der Waals surface area contributed by atoms with Gasteiger partial charge in [0.05, 0.1) is 0 Å². The number of allylic oxidation sites excluding steroid dienone is 1. The van der Waals surface area contributed by atoms with Crippen LogP contribution in [0.25, 0.3) is 0 Å². The smallest absolute Gasteiger partial charge is 0.0193 e. The van der Waals surface area contributed by atoms with Gasteiger partial charge in [0, 0.05) is 32.7 Å².